The smallest absolute Gasteiger partial charge is 0.177 e. The number of rotatable bonds is 7. The number of nitrogens with zero attached hydrogens (tertiary/aromatic N) is 2. The van der Waals surface area contributed by atoms with Crippen LogP contribution in [0.3, 0.4) is 0 Å². The Morgan fingerprint density at radius 2 is 2.26 bits per heavy atom. The zero-order chi connectivity index (χ0) is 19.1. The summed E-state index contributed by atoms with van der Waals surface area (Å²) in [4.78, 5) is 9.53. The summed E-state index contributed by atoms with van der Waals surface area (Å²) in [5.41, 5.74) is 2.65. The van der Waals surface area contributed by atoms with Gasteiger partial charge in [-0.3, -0.25) is 0 Å². The van der Waals surface area contributed by atoms with E-state index in [4.69, 9.17) is 20.7 Å². The van der Waals surface area contributed by atoms with Crippen LogP contribution in [-0.4, -0.2) is 37.6 Å². The lowest BCUT2D eigenvalue weighted by Gasteiger charge is -2.35. The molecule has 0 unspecified atom stereocenters. The van der Waals surface area contributed by atoms with Crippen molar-refractivity contribution in [2.24, 2.45) is 5.16 Å². The van der Waals surface area contributed by atoms with Crippen molar-refractivity contribution >= 4 is 28.8 Å². The number of thiophene rings is 1. The summed E-state index contributed by atoms with van der Waals surface area (Å²) < 4.78 is 12.6. The van der Waals surface area contributed by atoms with Gasteiger partial charge in [0.2, 0.25) is 0 Å². The van der Waals surface area contributed by atoms with Crippen molar-refractivity contribution < 1.29 is 14.3 Å². The largest absolute Gasteiger partial charge is 0.382 e. The number of aromatic nitrogens is 1. The molecule has 5 nitrogen and oxygen atoms in total. The van der Waals surface area contributed by atoms with E-state index in [0.29, 0.717) is 0 Å². The third-order valence-corrected chi connectivity index (χ3v) is 6.53. The Kier molecular flexibility index (Phi) is 6.91. The first-order valence-corrected chi connectivity index (χ1v) is 10.3. The highest BCUT2D eigenvalue weighted by atomic mass is 32.2. The molecular weight excluding hydrogens is 380 g/mol. The van der Waals surface area contributed by atoms with Gasteiger partial charge >= 0.3 is 0 Å². The Labute approximate surface area is 168 Å². The van der Waals surface area contributed by atoms with Crippen molar-refractivity contribution in [2.45, 2.75) is 34.6 Å². The van der Waals surface area contributed by atoms with Gasteiger partial charge in [-0.25, -0.2) is 4.98 Å². The van der Waals surface area contributed by atoms with Crippen molar-refractivity contribution in [1.29, 1.82) is 0 Å². The fraction of sp³-hybridized carbons (Fsp3) is 0.400. The van der Waals surface area contributed by atoms with E-state index in [1.165, 1.54) is 9.77 Å². The average Bonchev–Trinajstić information content (AvgIpc) is 3.18. The molecule has 2 aromatic rings. The highest BCUT2D eigenvalue weighted by Crippen LogP contribution is 2.41. The van der Waals surface area contributed by atoms with Gasteiger partial charge in [0, 0.05) is 44.9 Å². The fourth-order valence-electron chi connectivity index (χ4n) is 2.90. The predicted octanol–water partition coefficient (Wildman–Crippen LogP) is 4.32. The number of ether oxygens (including phenoxy) is 2. The minimum Gasteiger partial charge on any atom is -0.382 e. The molecule has 0 spiro atoms. The summed E-state index contributed by atoms with van der Waals surface area (Å²) >= 11 is 3.36. The summed E-state index contributed by atoms with van der Waals surface area (Å²) in [5, 5.41) is 7.09. The van der Waals surface area contributed by atoms with E-state index in [-0.39, 0.29) is 12.2 Å². The van der Waals surface area contributed by atoms with Crippen LogP contribution < -0.4 is 0 Å². The molecule has 3 heterocycles. The fourth-order valence-corrected chi connectivity index (χ4v) is 4.84. The first kappa shape index (κ1) is 19.9. The summed E-state index contributed by atoms with van der Waals surface area (Å²) in [6.07, 6.45) is 8.71. The number of pyridine rings is 1. The first-order chi connectivity index (χ1) is 13.2. The lowest BCUT2D eigenvalue weighted by molar-refractivity contribution is -0.0946. The van der Waals surface area contributed by atoms with Crippen LogP contribution >= 0.6 is 23.1 Å². The Morgan fingerprint density at radius 1 is 1.44 bits per heavy atom. The van der Waals surface area contributed by atoms with Gasteiger partial charge in [-0.15, -0.1) is 17.8 Å². The predicted molar refractivity (Wildman–Crippen MR) is 108 cm³/mol. The Morgan fingerprint density at radius 3 is 2.93 bits per heavy atom. The van der Waals surface area contributed by atoms with Crippen LogP contribution in [0.2, 0.25) is 0 Å². The molecular formula is C20H22N2O3S2. The summed E-state index contributed by atoms with van der Waals surface area (Å²) in [5.74, 6) is 2.38. The molecule has 0 amide bonds. The van der Waals surface area contributed by atoms with Crippen LogP contribution in [0, 0.1) is 12.3 Å². The second kappa shape index (κ2) is 9.38. The van der Waals surface area contributed by atoms with Crippen molar-refractivity contribution in [1.82, 2.24) is 4.98 Å². The second-order valence-electron chi connectivity index (χ2n) is 6.11. The summed E-state index contributed by atoms with van der Waals surface area (Å²) in [7, 11) is 1.79. The van der Waals surface area contributed by atoms with Crippen LogP contribution in [0.15, 0.2) is 44.2 Å². The lowest BCUT2D eigenvalue weighted by atomic mass is 9.88. The van der Waals surface area contributed by atoms with E-state index in [1.54, 1.807) is 36.4 Å². The third kappa shape index (κ3) is 4.90. The lowest BCUT2D eigenvalue weighted by Crippen LogP contribution is -2.35. The zero-order valence-corrected chi connectivity index (χ0v) is 17.1. The van der Waals surface area contributed by atoms with E-state index >= 15 is 0 Å². The highest BCUT2D eigenvalue weighted by molar-refractivity contribution is 8.01. The van der Waals surface area contributed by atoms with Gasteiger partial charge < -0.3 is 14.3 Å². The van der Waals surface area contributed by atoms with Gasteiger partial charge in [-0.1, -0.05) is 22.8 Å². The molecule has 3 rings (SSSR count). The Hall–Kier alpha value is -1.85. The summed E-state index contributed by atoms with van der Waals surface area (Å²) in [6.45, 7) is 3.50. The number of hydrogen-bond donors (Lipinski definition) is 0. The number of hydrogen-bond acceptors (Lipinski definition) is 7. The molecule has 1 saturated heterocycles. The SMILES string of the molecule is C#CCO/N=C(\C)c1ccc(Sc2cc(C3(OC)CCOCC3)cs2)nc1. The molecule has 1 aliphatic rings. The Bertz CT molecular complexity index is 818. The molecule has 27 heavy (non-hydrogen) atoms. The van der Waals surface area contributed by atoms with E-state index in [0.717, 1.165) is 42.4 Å². The number of oxime groups is 1. The highest BCUT2D eigenvalue weighted by Gasteiger charge is 2.35. The molecule has 1 fully saturated rings. The molecule has 0 bridgehead atoms. The monoisotopic (exact) mass is 402 g/mol. The van der Waals surface area contributed by atoms with Crippen LogP contribution in [0.4, 0.5) is 0 Å². The van der Waals surface area contributed by atoms with E-state index < -0.39 is 0 Å². The maximum absolute atomic E-state index is 5.88. The third-order valence-electron chi connectivity index (χ3n) is 4.50. The molecule has 2 aromatic heterocycles. The topological polar surface area (TPSA) is 52.9 Å². The minimum atomic E-state index is -0.225. The van der Waals surface area contributed by atoms with E-state index in [9.17, 15) is 0 Å². The van der Waals surface area contributed by atoms with Crippen molar-refractivity contribution in [3.05, 3.63) is 40.9 Å². The Balaban J connectivity index is 1.67. The molecule has 0 saturated carbocycles. The number of methoxy groups -OCH3 is 1. The molecule has 142 valence electrons. The van der Waals surface area contributed by atoms with Crippen LogP contribution in [0.1, 0.15) is 30.9 Å². The van der Waals surface area contributed by atoms with Gasteiger partial charge in [-0.05, 0) is 36.1 Å². The average molecular weight is 403 g/mol. The van der Waals surface area contributed by atoms with E-state index in [1.807, 2.05) is 19.1 Å². The van der Waals surface area contributed by atoms with E-state index in [2.05, 4.69) is 27.5 Å². The minimum absolute atomic E-state index is 0.161. The molecule has 0 N–H and O–H groups in total. The van der Waals surface area contributed by atoms with Gasteiger partial charge in [0.15, 0.2) is 6.61 Å². The van der Waals surface area contributed by atoms with Crippen LogP contribution in [0.25, 0.3) is 0 Å². The maximum atomic E-state index is 5.88. The van der Waals surface area contributed by atoms with Gasteiger partial charge in [0.25, 0.3) is 0 Å². The molecule has 1 aliphatic heterocycles. The standard InChI is InChI=1S/C20H22N2O3S2/c1-4-9-25-22-15(2)16-5-6-18(21-13-16)27-19-12-17(14-26-19)20(23-3)7-10-24-11-8-20/h1,5-6,12-14H,7-11H2,2-3H3/b22-15+. The quantitative estimate of drug-likeness (QED) is 0.299. The normalized spacial score (nSPS) is 16.7. The zero-order valence-electron chi connectivity index (χ0n) is 15.4. The molecule has 0 atom stereocenters. The van der Waals surface area contributed by atoms with Gasteiger partial charge in [0.1, 0.15) is 5.03 Å². The second-order valence-corrected chi connectivity index (χ2v) is 8.34. The van der Waals surface area contributed by atoms with Crippen molar-refractivity contribution in [3.8, 4) is 12.3 Å². The van der Waals surface area contributed by atoms with Crippen LogP contribution in [0.5, 0.6) is 0 Å². The maximum Gasteiger partial charge on any atom is 0.177 e. The summed E-state index contributed by atoms with van der Waals surface area (Å²) in [6, 6.07) is 6.18. The molecule has 0 aromatic carbocycles. The van der Waals surface area contributed by atoms with Gasteiger partial charge in [-0.2, -0.15) is 0 Å². The van der Waals surface area contributed by atoms with Gasteiger partial charge in [0.05, 0.1) is 15.5 Å². The molecule has 0 radical (unpaired) electrons. The number of terminal acetylenes is 1. The van der Waals surface area contributed by atoms with Crippen molar-refractivity contribution in [3.63, 3.8) is 0 Å². The first-order valence-electron chi connectivity index (χ1n) is 8.63. The van der Waals surface area contributed by atoms with Crippen molar-refractivity contribution in [2.75, 3.05) is 26.9 Å². The van der Waals surface area contributed by atoms with Crippen LogP contribution in [-0.2, 0) is 19.9 Å². The molecule has 0 aliphatic carbocycles. The molecule has 7 heteroatoms.